The Morgan fingerprint density at radius 2 is 1.94 bits per heavy atom. The maximum absolute atomic E-state index is 13.4. The third kappa shape index (κ3) is 2.79. The molecular weight excluding hydrogens is 304 g/mol. The molecule has 0 aromatic heterocycles. The van der Waals surface area contributed by atoms with Crippen molar-refractivity contribution in [2.45, 2.75) is 6.54 Å². The van der Waals surface area contributed by atoms with Crippen molar-refractivity contribution in [2.75, 3.05) is 5.32 Å². The van der Waals surface area contributed by atoms with Crippen molar-refractivity contribution in [3.63, 3.8) is 0 Å². The van der Waals surface area contributed by atoms with E-state index in [0.717, 1.165) is 18.2 Å². The molecule has 0 saturated heterocycles. The minimum Gasteiger partial charge on any atom is -0.506 e. The van der Waals surface area contributed by atoms with Gasteiger partial charge in [0.2, 0.25) is 0 Å². The van der Waals surface area contributed by atoms with Crippen molar-refractivity contribution in [1.29, 1.82) is 0 Å². The quantitative estimate of drug-likeness (QED) is 0.896. The van der Waals surface area contributed by atoms with E-state index in [1.54, 1.807) is 18.2 Å². The van der Waals surface area contributed by atoms with Gasteiger partial charge in [-0.15, -0.1) is 0 Å². The smallest absolute Gasteiger partial charge is 0.146 e. The Kier molecular flexibility index (Phi) is 3.81. The number of hydrogen-bond acceptors (Lipinski definition) is 2. The van der Waals surface area contributed by atoms with E-state index in [1.807, 2.05) is 0 Å². The van der Waals surface area contributed by atoms with Gasteiger partial charge in [0.15, 0.2) is 0 Å². The molecule has 18 heavy (non-hydrogen) atoms. The third-order valence-electron chi connectivity index (χ3n) is 2.47. The fourth-order valence-corrected chi connectivity index (χ4v) is 1.93. The van der Waals surface area contributed by atoms with Crippen LogP contribution in [0.15, 0.2) is 40.9 Å². The molecule has 0 unspecified atom stereocenters. The van der Waals surface area contributed by atoms with E-state index in [9.17, 15) is 13.9 Å². The molecule has 2 nitrogen and oxygen atoms in total. The van der Waals surface area contributed by atoms with Crippen molar-refractivity contribution in [3.05, 3.63) is 58.1 Å². The van der Waals surface area contributed by atoms with Gasteiger partial charge in [0, 0.05) is 12.1 Å². The first-order chi connectivity index (χ1) is 8.58. The highest BCUT2D eigenvalue weighted by atomic mass is 79.9. The van der Waals surface area contributed by atoms with E-state index < -0.39 is 11.6 Å². The van der Waals surface area contributed by atoms with E-state index in [4.69, 9.17) is 0 Å². The van der Waals surface area contributed by atoms with Crippen LogP contribution in [-0.2, 0) is 6.54 Å². The van der Waals surface area contributed by atoms with E-state index in [2.05, 4.69) is 21.2 Å². The van der Waals surface area contributed by atoms with Crippen LogP contribution in [-0.4, -0.2) is 5.11 Å². The molecule has 0 atom stereocenters. The second-order valence-corrected chi connectivity index (χ2v) is 4.58. The van der Waals surface area contributed by atoms with Crippen molar-refractivity contribution < 1.29 is 13.9 Å². The molecule has 0 aliphatic rings. The number of hydrogen-bond donors (Lipinski definition) is 2. The summed E-state index contributed by atoms with van der Waals surface area (Å²) in [4.78, 5) is 0. The lowest BCUT2D eigenvalue weighted by Gasteiger charge is -2.10. The standard InChI is InChI=1S/C13H10BrF2NO/c14-10-3-1-2-8(13(10)18)7-17-12-6-9(15)4-5-11(12)16/h1-6,17-18H,7H2. The highest BCUT2D eigenvalue weighted by molar-refractivity contribution is 9.10. The maximum atomic E-state index is 13.4. The Morgan fingerprint density at radius 3 is 2.72 bits per heavy atom. The summed E-state index contributed by atoms with van der Waals surface area (Å²) in [5, 5.41) is 12.5. The molecule has 94 valence electrons. The lowest BCUT2D eigenvalue weighted by atomic mass is 10.2. The fourth-order valence-electron chi connectivity index (χ4n) is 1.53. The van der Waals surface area contributed by atoms with Gasteiger partial charge in [-0.1, -0.05) is 12.1 Å². The first kappa shape index (κ1) is 12.8. The highest BCUT2D eigenvalue weighted by Crippen LogP contribution is 2.28. The Bertz CT molecular complexity index is 573. The lowest BCUT2D eigenvalue weighted by molar-refractivity contribution is 0.465. The van der Waals surface area contributed by atoms with Gasteiger partial charge in [-0.05, 0) is 40.2 Å². The normalized spacial score (nSPS) is 10.4. The number of nitrogens with one attached hydrogen (secondary N) is 1. The predicted octanol–water partition coefficient (Wildman–Crippen LogP) is 4.05. The Labute approximate surface area is 111 Å². The van der Waals surface area contributed by atoms with E-state index >= 15 is 0 Å². The molecule has 2 aromatic carbocycles. The number of benzene rings is 2. The first-order valence-corrected chi connectivity index (χ1v) is 6.02. The van der Waals surface area contributed by atoms with Crippen LogP contribution >= 0.6 is 15.9 Å². The zero-order valence-corrected chi connectivity index (χ0v) is 10.8. The van der Waals surface area contributed by atoms with Crippen molar-refractivity contribution in [2.24, 2.45) is 0 Å². The minimum atomic E-state index is -0.536. The Balaban J connectivity index is 2.16. The van der Waals surface area contributed by atoms with Crippen molar-refractivity contribution in [1.82, 2.24) is 0 Å². The number of aromatic hydroxyl groups is 1. The fraction of sp³-hybridized carbons (Fsp3) is 0.0769. The SMILES string of the molecule is Oc1c(Br)cccc1CNc1cc(F)ccc1F. The predicted molar refractivity (Wildman–Crippen MR) is 69.5 cm³/mol. The van der Waals surface area contributed by atoms with Gasteiger partial charge < -0.3 is 10.4 Å². The van der Waals surface area contributed by atoms with Crippen LogP contribution in [0.3, 0.4) is 0 Å². The van der Waals surface area contributed by atoms with Crippen molar-refractivity contribution in [3.8, 4) is 5.75 Å². The molecule has 2 rings (SSSR count). The molecule has 0 saturated carbocycles. The third-order valence-corrected chi connectivity index (χ3v) is 3.11. The molecule has 0 amide bonds. The average molecular weight is 314 g/mol. The van der Waals surface area contributed by atoms with Crippen molar-refractivity contribution >= 4 is 21.6 Å². The summed E-state index contributed by atoms with van der Waals surface area (Å²) >= 11 is 3.19. The summed E-state index contributed by atoms with van der Waals surface area (Å²) in [6, 6.07) is 8.33. The summed E-state index contributed by atoms with van der Waals surface area (Å²) in [6.45, 7) is 0.200. The molecule has 0 fully saturated rings. The molecule has 0 aliphatic heterocycles. The van der Waals surface area contributed by atoms with Gasteiger partial charge >= 0.3 is 0 Å². The maximum Gasteiger partial charge on any atom is 0.146 e. The van der Waals surface area contributed by atoms with E-state index in [0.29, 0.717) is 10.0 Å². The van der Waals surface area contributed by atoms with E-state index in [1.165, 1.54) is 0 Å². The summed E-state index contributed by atoms with van der Waals surface area (Å²) in [6.07, 6.45) is 0. The van der Waals surface area contributed by atoms with Crippen LogP contribution in [0.4, 0.5) is 14.5 Å². The topological polar surface area (TPSA) is 32.3 Å². The van der Waals surface area contributed by atoms with Crippen LogP contribution in [0.25, 0.3) is 0 Å². The molecule has 0 spiro atoms. The van der Waals surface area contributed by atoms with Crippen LogP contribution in [0.2, 0.25) is 0 Å². The monoisotopic (exact) mass is 313 g/mol. The van der Waals surface area contributed by atoms with Crippen LogP contribution in [0, 0.1) is 11.6 Å². The highest BCUT2D eigenvalue weighted by Gasteiger charge is 2.07. The number of halogens is 3. The second-order valence-electron chi connectivity index (χ2n) is 3.73. The summed E-state index contributed by atoms with van der Waals surface area (Å²) in [5.74, 6) is -0.968. The number of rotatable bonds is 3. The molecule has 2 aromatic rings. The van der Waals surface area contributed by atoms with E-state index in [-0.39, 0.29) is 18.0 Å². The van der Waals surface area contributed by atoms with Gasteiger partial charge in [0.25, 0.3) is 0 Å². The molecular formula is C13H10BrF2NO. The van der Waals surface area contributed by atoms with Crippen LogP contribution in [0.5, 0.6) is 5.75 Å². The van der Waals surface area contributed by atoms with Crippen LogP contribution < -0.4 is 5.32 Å². The largest absolute Gasteiger partial charge is 0.506 e. The molecule has 0 radical (unpaired) electrons. The first-order valence-electron chi connectivity index (χ1n) is 5.23. The summed E-state index contributed by atoms with van der Waals surface area (Å²) in [5.41, 5.74) is 0.655. The lowest BCUT2D eigenvalue weighted by Crippen LogP contribution is -2.02. The van der Waals surface area contributed by atoms with Gasteiger partial charge in [-0.25, -0.2) is 8.78 Å². The molecule has 2 N–H and O–H groups in total. The number of phenols is 1. The number of para-hydroxylation sites is 1. The van der Waals surface area contributed by atoms with Gasteiger partial charge in [-0.2, -0.15) is 0 Å². The van der Waals surface area contributed by atoms with Gasteiger partial charge in [-0.3, -0.25) is 0 Å². The van der Waals surface area contributed by atoms with Gasteiger partial charge in [0.1, 0.15) is 17.4 Å². The van der Waals surface area contributed by atoms with Gasteiger partial charge in [0.05, 0.1) is 10.2 Å². The minimum absolute atomic E-state index is 0.0642. The second kappa shape index (κ2) is 5.35. The molecule has 0 aliphatic carbocycles. The number of anilines is 1. The summed E-state index contributed by atoms with van der Waals surface area (Å²) in [7, 11) is 0. The molecule has 5 heteroatoms. The Hall–Kier alpha value is -1.62. The average Bonchev–Trinajstić information content (AvgIpc) is 2.35. The molecule has 0 bridgehead atoms. The molecule has 0 heterocycles. The zero-order valence-electron chi connectivity index (χ0n) is 9.25. The Morgan fingerprint density at radius 1 is 1.17 bits per heavy atom. The summed E-state index contributed by atoms with van der Waals surface area (Å²) < 4.78 is 26.9. The zero-order chi connectivity index (χ0) is 13.1. The number of phenolic OH excluding ortho intramolecular Hbond substituents is 1. The van der Waals surface area contributed by atoms with Crippen LogP contribution in [0.1, 0.15) is 5.56 Å².